The molecule has 0 aliphatic rings. The Bertz CT molecular complexity index is 381. The first kappa shape index (κ1) is 27.9. The Labute approximate surface area is 180 Å². The molecule has 0 rings (SSSR count). The van der Waals surface area contributed by atoms with Gasteiger partial charge in [0, 0.05) is 12.8 Å². The van der Waals surface area contributed by atoms with Crippen molar-refractivity contribution < 1.29 is 19.1 Å². The quantitative estimate of drug-likeness (QED) is 0.146. The van der Waals surface area contributed by atoms with E-state index in [9.17, 15) is 9.59 Å². The number of hydrogen-bond donors (Lipinski definition) is 0. The van der Waals surface area contributed by atoms with Crippen molar-refractivity contribution in [1.29, 1.82) is 0 Å². The van der Waals surface area contributed by atoms with Crippen LogP contribution in [0.4, 0.5) is 0 Å². The predicted molar refractivity (Wildman–Crippen MR) is 121 cm³/mol. The number of rotatable bonds is 21. The number of ether oxygens (including phenoxy) is 2. The molecular formula is C25H48O4. The second kappa shape index (κ2) is 21.6. The topological polar surface area (TPSA) is 52.6 Å². The van der Waals surface area contributed by atoms with Crippen molar-refractivity contribution in [3.05, 3.63) is 0 Å². The van der Waals surface area contributed by atoms with Crippen LogP contribution in [-0.2, 0) is 19.1 Å². The van der Waals surface area contributed by atoms with Crippen molar-refractivity contribution in [1.82, 2.24) is 0 Å². The summed E-state index contributed by atoms with van der Waals surface area (Å²) in [6, 6.07) is 0. The average Bonchev–Trinajstić information content (AvgIpc) is 2.72. The molecule has 0 amide bonds. The van der Waals surface area contributed by atoms with Gasteiger partial charge in [0.15, 0.2) is 0 Å². The van der Waals surface area contributed by atoms with E-state index in [2.05, 4.69) is 20.8 Å². The molecule has 4 heteroatoms. The molecule has 0 heterocycles. The molecule has 4 nitrogen and oxygen atoms in total. The van der Waals surface area contributed by atoms with Gasteiger partial charge in [-0.05, 0) is 31.6 Å². The smallest absolute Gasteiger partial charge is 0.305 e. The summed E-state index contributed by atoms with van der Waals surface area (Å²) < 4.78 is 10.7. The van der Waals surface area contributed by atoms with Gasteiger partial charge in [0.2, 0.25) is 0 Å². The minimum absolute atomic E-state index is 0.0441. The van der Waals surface area contributed by atoms with Crippen LogP contribution >= 0.6 is 0 Å². The Balaban J connectivity index is 3.41. The fourth-order valence-corrected chi connectivity index (χ4v) is 3.39. The molecule has 0 bridgehead atoms. The Kier molecular flexibility index (Phi) is 20.9. The van der Waals surface area contributed by atoms with Crippen LogP contribution in [-0.4, -0.2) is 25.2 Å². The van der Waals surface area contributed by atoms with Crippen molar-refractivity contribution in [3.63, 3.8) is 0 Å². The molecule has 0 saturated carbocycles. The number of esters is 2. The van der Waals surface area contributed by atoms with Gasteiger partial charge in [0.1, 0.15) is 0 Å². The number of carbonyl (C=O) groups is 2. The van der Waals surface area contributed by atoms with Crippen LogP contribution < -0.4 is 0 Å². The lowest BCUT2D eigenvalue weighted by atomic mass is 10.0. The van der Waals surface area contributed by atoms with Crippen LogP contribution in [0.5, 0.6) is 0 Å². The van der Waals surface area contributed by atoms with Gasteiger partial charge in [-0.1, -0.05) is 91.4 Å². The largest absolute Gasteiger partial charge is 0.466 e. The molecule has 0 saturated heterocycles. The molecule has 0 aromatic rings. The summed E-state index contributed by atoms with van der Waals surface area (Å²) in [4.78, 5) is 23.5. The van der Waals surface area contributed by atoms with Crippen LogP contribution in [0.3, 0.4) is 0 Å². The lowest BCUT2D eigenvalue weighted by molar-refractivity contribution is -0.145. The monoisotopic (exact) mass is 412 g/mol. The highest BCUT2D eigenvalue weighted by molar-refractivity contribution is 5.69. The molecule has 0 N–H and O–H groups in total. The second-order valence-corrected chi connectivity index (χ2v) is 8.36. The van der Waals surface area contributed by atoms with Crippen LogP contribution in [0.2, 0.25) is 0 Å². The normalized spacial score (nSPS) is 12.0. The third kappa shape index (κ3) is 20.0. The summed E-state index contributed by atoms with van der Waals surface area (Å²) in [5, 5.41) is 0. The van der Waals surface area contributed by atoms with E-state index in [-0.39, 0.29) is 11.9 Å². The second-order valence-electron chi connectivity index (χ2n) is 8.36. The first-order valence-electron chi connectivity index (χ1n) is 12.4. The zero-order valence-corrected chi connectivity index (χ0v) is 19.6. The van der Waals surface area contributed by atoms with E-state index in [1.54, 1.807) is 0 Å². The SMILES string of the molecule is CCCCCCCOC(=O)CCCCCCCCC(=O)OCC(CC)CCCC. The van der Waals surface area contributed by atoms with E-state index in [4.69, 9.17) is 9.47 Å². The molecule has 0 aromatic heterocycles. The average molecular weight is 413 g/mol. The van der Waals surface area contributed by atoms with E-state index in [0.717, 1.165) is 64.2 Å². The maximum atomic E-state index is 11.8. The maximum absolute atomic E-state index is 11.8. The highest BCUT2D eigenvalue weighted by atomic mass is 16.5. The van der Waals surface area contributed by atoms with Gasteiger partial charge in [-0.15, -0.1) is 0 Å². The number of carbonyl (C=O) groups excluding carboxylic acids is 2. The minimum atomic E-state index is -0.0486. The van der Waals surface area contributed by atoms with Gasteiger partial charge >= 0.3 is 11.9 Å². The van der Waals surface area contributed by atoms with Gasteiger partial charge in [0.25, 0.3) is 0 Å². The van der Waals surface area contributed by atoms with Crippen molar-refractivity contribution >= 4 is 11.9 Å². The summed E-state index contributed by atoms with van der Waals surface area (Å²) in [5.41, 5.74) is 0. The molecule has 1 unspecified atom stereocenters. The van der Waals surface area contributed by atoms with Crippen LogP contribution in [0.15, 0.2) is 0 Å². The van der Waals surface area contributed by atoms with E-state index in [1.807, 2.05) is 0 Å². The number of unbranched alkanes of at least 4 members (excludes halogenated alkanes) is 10. The first-order chi connectivity index (χ1) is 14.1. The predicted octanol–water partition coefficient (Wildman–Crippen LogP) is 7.38. The van der Waals surface area contributed by atoms with Gasteiger partial charge in [-0.25, -0.2) is 0 Å². The van der Waals surface area contributed by atoms with Crippen molar-refractivity contribution in [3.8, 4) is 0 Å². The lowest BCUT2D eigenvalue weighted by Crippen LogP contribution is -2.13. The molecule has 1 atom stereocenters. The molecule has 0 radical (unpaired) electrons. The molecule has 172 valence electrons. The van der Waals surface area contributed by atoms with Gasteiger partial charge in [-0.3, -0.25) is 9.59 Å². The molecule has 0 aromatic carbocycles. The molecule has 0 fully saturated rings. The Morgan fingerprint density at radius 3 is 1.72 bits per heavy atom. The van der Waals surface area contributed by atoms with Crippen molar-refractivity contribution in [2.24, 2.45) is 5.92 Å². The maximum Gasteiger partial charge on any atom is 0.305 e. The summed E-state index contributed by atoms with van der Waals surface area (Å²) in [6.07, 6.45) is 17.8. The summed E-state index contributed by atoms with van der Waals surface area (Å²) in [6.45, 7) is 7.73. The zero-order valence-electron chi connectivity index (χ0n) is 19.6. The van der Waals surface area contributed by atoms with Crippen LogP contribution in [0.25, 0.3) is 0 Å². The summed E-state index contributed by atoms with van der Waals surface area (Å²) in [5.74, 6) is 0.427. The molecular weight excluding hydrogens is 364 g/mol. The van der Waals surface area contributed by atoms with Crippen LogP contribution in [0, 0.1) is 5.92 Å². The minimum Gasteiger partial charge on any atom is -0.466 e. The van der Waals surface area contributed by atoms with E-state index in [0.29, 0.717) is 32.0 Å². The third-order valence-corrected chi connectivity index (χ3v) is 5.55. The Hall–Kier alpha value is -1.06. The molecule has 0 spiro atoms. The molecule has 29 heavy (non-hydrogen) atoms. The van der Waals surface area contributed by atoms with Gasteiger partial charge in [-0.2, -0.15) is 0 Å². The fraction of sp³-hybridized carbons (Fsp3) is 0.920. The van der Waals surface area contributed by atoms with Gasteiger partial charge < -0.3 is 9.47 Å². The fourth-order valence-electron chi connectivity index (χ4n) is 3.39. The highest BCUT2D eigenvalue weighted by Crippen LogP contribution is 2.14. The Morgan fingerprint density at radius 2 is 1.14 bits per heavy atom. The van der Waals surface area contributed by atoms with E-state index < -0.39 is 0 Å². The summed E-state index contributed by atoms with van der Waals surface area (Å²) in [7, 11) is 0. The molecule has 0 aliphatic heterocycles. The number of hydrogen-bond acceptors (Lipinski definition) is 4. The molecule has 0 aliphatic carbocycles. The lowest BCUT2D eigenvalue weighted by Gasteiger charge is -2.14. The van der Waals surface area contributed by atoms with Crippen molar-refractivity contribution in [2.75, 3.05) is 13.2 Å². The highest BCUT2D eigenvalue weighted by Gasteiger charge is 2.10. The van der Waals surface area contributed by atoms with E-state index >= 15 is 0 Å². The standard InChI is InChI=1S/C25H48O4/c1-4-7-9-14-17-21-28-24(26)19-15-12-10-11-13-16-20-25(27)29-22-23(6-3)18-8-5-2/h23H,4-22H2,1-3H3. The van der Waals surface area contributed by atoms with Crippen molar-refractivity contribution in [2.45, 2.75) is 130 Å². The van der Waals surface area contributed by atoms with E-state index in [1.165, 1.54) is 32.1 Å². The summed E-state index contributed by atoms with van der Waals surface area (Å²) >= 11 is 0. The Morgan fingerprint density at radius 1 is 0.621 bits per heavy atom. The van der Waals surface area contributed by atoms with Crippen LogP contribution in [0.1, 0.15) is 130 Å². The zero-order chi connectivity index (χ0) is 21.6. The van der Waals surface area contributed by atoms with Gasteiger partial charge in [0.05, 0.1) is 13.2 Å². The first-order valence-corrected chi connectivity index (χ1v) is 12.4. The third-order valence-electron chi connectivity index (χ3n) is 5.55.